The van der Waals surface area contributed by atoms with Crippen molar-refractivity contribution in [3.05, 3.63) is 35.9 Å². The van der Waals surface area contributed by atoms with Crippen LogP contribution in [0.25, 0.3) is 0 Å². The van der Waals surface area contributed by atoms with Gasteiger partial charge in [0.15, 0.2) is 11.8 Å². The first-order valence-electron chi connectivity index (χ1n) is 6.61. The summed E-state index contributed by atoms with van der Waals surface area (Å²) in [4.78, 5) is 9.09. The van der Waals surface area contributed by atoms with Gasteiger partial charge in [-0.05, 0) is 19.4 Å². The first-order chi connectivity index (χ1) is 9.18. The number of ether oxygens (including phenoxy) is 2. The Bertz CT molecular complexity index is 520. The second kappa shape index (κ2) is 4.68. The van der Waals surface area contributed by atoms with Crippen molar-refractivity contribution in [2.75, 3.05) is 19.8 Å². The van der Waals surface area contributed by atoms with Crippen molar-refractivity contribution in [2.45, 2.75) is 19.9 Å². The molecule has 0 fully saturated rings. The molecule has 0 amide bonds. The number of hydrogen-bond donors (Lipinski definition) is 0. The molecule has 0 bridgehead atoms. The average Bonchev–Trinajstić information content (AvgIpc) is 3.12. The van der Waals surface area contributed by atoms with Crippen LogP contribution in [0.5, 0.6) is 0 Å². The van der Waals surface area contributed by atoms with Gasteiger partial charge in [-0.15, -0.1) is 0 Å². The summed E-state index contributed by atoms with van der Waals surface area (Å²) >= 11 is 0. The van der Waals surface area contributed by atoms with Gasteiger partial charge in [0, 0.05) is 0 Å². The van der Waals surface area contributed by atoms with E-state index in [-0.39, 0.29) is 11.5 Å². The van der Waals surface area contributed by atoms with Crippen LogP contribution >= 0.6 is 0 Å². The maximum absolute atomic E-state index is 5.79. The number of nitrogens with zero attached hydrogens (tertiary/aromatic N) is 2. The van der Waals surface area contributed by atoms with Gasteiger partial charge in [0.25, 0.3) is 0 Å². The van der Waals surface area contributed by atoms with E-state index >= 15 is 0 Å². The average molecular weight is 258 g/mol. The van der Waals surface area contributed by atoms with E-state index < -0.39 is 0 Å². The molecule has 1 atom stereocenters. The molecule has 3 rings (SSSR count). The molecule has 0 radical (unpaired) electrons. The van der Waals surface area contributed by atoms with Crippen molar-refractivity contribution in [3.63, 3.8) is 0 Å². The molecule has 1 aromatic carbocycles. The lowest BCUT2D eigenvalue weighted by molar-refractivity contribution is 0.272. The van der Waals surface area contributed by atoms with E-state index in [1.807, 2.05) is 32.0 Å². The molecule has 1 aromatic rings. The lowest BCUT2D eigenvalue weighted by atomic mass is 9.93. The maximum atomic E-state index is 5.79. The first kappa shape index (κ1) is 12.2. The van der Waals surface area contributed by atoms with Gasteiger partial charge in [-0.25, -0.2) is 4.99 Å². The molecule has 19 heavy (non-hydrogen) atoms. The third kappa shape index (κ3) is 2.23. The molecule has 0 unspecified atom stereocenters. The fourth-order valence-electron chi connectivity index (χ4n) is 2.37. The van der Waals surface area contributed by atoms with Crippen LogP contribution < -0.4 is 0 Å². The summed E-state index contributed by atoms with van der Waals surface area (Å²) in [6, 6.07) is 10.3. The Morgan fingerprint density at radius 1 is 1.11 bits per heavy atom. The normalized spacial score (nSPS) is 22.5. The molecule has 0 spiro atoms. The Hall–Kier alpha value is -1.84. The van der Waals surface area contributed by atoms with Gasteiger partial charge in [-0.2, -0.15) is 0 Å². The molecule has 100 valence electrons. The Balaban J connectivity index is 1.83. The maximum Gasteiger partial charge on any atom is 0.199 e. The van der Waals surface area contributed by atoms with Crippen LogP contribution in [0.3, 0.4) is 0 Å². The second-order valence-electron chi connectivity index (χ2n) is 5.33. The van der Waals surface area contributed by atoms with E-state index in [0.29, 0.717) is 13.2 Å². The van der Waals surface area contributed by atoms with Crippen LogP contribution in [0.4, 0.5) is 0 Å². The van der Waals surface area contributed by atoms with Crippen LogP contribution in [0.2, 0.25) is 0 Å². The van der Waals surface area contributed by atoms with Gasteiger partial charge in [0.2, 0.25) is 0 Å². The molecule has 0 aromatic heterocycles. The number of benzene rings is 1. The summed E-state index contributed by atoms with van der Waals surface area (Å²) in [5.41, 5.74) is 0.808. The van der Waals surface area contributed by atoms with Gasteiger partial charge in [0.1, 0.15) is 24.7 Å². The highest BCUT2D eigenvalue weighted by Gasteiger charge is 2.39. The number of hydrogen-bond acceptors (Lipinski definition) is 4. The SMILES string of the molecule is CC(C)(C1=NCCO1)C1=N[C@H](c2ccccc2)CO1. The van der Waals surface area contributed by atoms with Crippen molar-refractivity contribution in [1.82, 2.24) is 0 Å². The molecular weight excluding hydrogens is 240 g/mol. The molecule has 2 heterocycles. The predicted octanol–water partition coefficient (Wildman–Crippen LogP) is 2.61. The zero-order chi connectivity index (χ0) is 13.3. The molecule has 4 heteroatoms. The van der Waals surface area contributed by atoms with E-state index in [1.54, 1.807) is 0 Å². The van der Waals surface area contributed by atoms with Gasteiger partial charge < -0.3 is 9.47 Å². The van der Waals surface area contributed by atoms with Crippen molar-refractivity contribution >= 4 is 11.8 Å². The highest BCUT2D eigenvalue weighted by molar-refractivity contribution is 6.05. The van der Waals surface area contributed by atoms with E-state index in [4.69, 9.17) is 14.5 Å². The molecule has 0 saturated carbocycles. The third-order valence-corrected chi connectivity index (χ3v) is 3.49. The molecule has 2 aliphatic heterocycles. The fourth-order valence-corrected chi connectivity index (χ4v) is 2.37. The quantitative estimate of drug-likeness (QED) is 0.836. The summed E-state index contributed by atoms with van der Waals surface area (Å²) in [6.45, 7) is 6.07. The first-order valence-corrected chi connectivity index (χ1v) is 6.61. The minimum atomic E-state index is -0.375. The standard InChI is InChI=1S/C15H18N2O2/c1-15(2,13-16-8-9-18-13)14-17-12(10-19-14)11-6-4-3-5-7-11/h3-7,12H,8-10H2,1-2H3/t12-/m0/s1. The Labute approximate surface area is 113 Å². The van der Waals surface area contributed by atoms with Gasteiger partial charge >= 0.3 is 0 Å². The minimum absolute atomic E-state index is 0.0810. The molecule has 0 saturated heterocycles. The monoisotopic (exact) mass is 258 g/mol. The van der Waals surface area contributed by atoms with Gasteiger partial charge in [-0.1, -0.05) is 30.3 Å². The highest BCUT2D eigenvalue weighted by atomic mass is 16.5. The van der Waals surface area contributed by atoms with E-state index in [1.165, 1.54) is 5.56 Å². The molecule has 2 aliphatic rings. The third-order valence-electron chi connectivity index (χ3n) is 3.49. The summed E-state index contributed by atoms with van der Waals surface area (Å²) in [7, 11) is 0. The van der Waals surface area contributed by atoms with E-state index in [9.17, 15) is 0 Å². The molecule has 0 N–H and O–H groups in total. The number of aliphatic imine (C=N–C) groups is 2. The molecule has 4 nitrogen and oxygen atoms in total. The Kier molecular flexibility index (Phi) is 3.01. The topological polar surface area (TPSA) is 43.2 Å². The molecule has 0 aliphatic carbocycles. The van der Waals surface area contributed by atoms with Crippen LogP contribution in [0.1, 0.15) is 25.5 Å². The van der Waals surface area contributed by atoms with Crippen molar-refractivity contribution < 1.29 is 9.47 Å². The van der Waals surface area contributed by atoms with E-state index in [0.717, 1.165) is 18.3 Å². The van der Waals surface area contributed by atoms with Crippen LogP contribution in [-0.2, 0) is 9.47 Å². The largest absolute Gasteiger partial charge is 0.478 e. The summed E-state index contributed by atoms with van der Waals surface area (Å²) in [5.74, 6) is 1.46. The van der Waals surface area contributed by atoms with Gasteiger partial charge in [-0.3, -0.25) is 4.99 Å². The van der Waals surface area contributed by atoms with Crippen molar-refractivity contribution in [1.29, 1.82) is 0 Å². The lowest BCUT2D eigenvalue weighted by Gasteiger charge is -2.22. The predicted molar refractivity (Wildman–Crippen MR) is 74.6 cm³/mol. The highest BCUT2D eigenvalue weighted by Crippen LogP contribution is 2.32. The smallest absolute Gasteiger partial charge is 0.199 e. The van der Waals surface area contributed by atoms with Crippen LogP contribution in [0, 0.1) is 5.41 Å². The number of rotatable bonds is 3. The van der Waals surface area contributed by atoms with Crippen LogP contribution in [-0.4, -0.2) is 31.6 Å². The summed E-state index contributed by atoms with van der Waals surface area (Å²) in [5, 5.41) is 0. The van der Waals surface area contributed by atoms with E-state index in [2.05, 4.69) is 17.1 Å². The van der Waals surface area contributed by atoms with Crippen LogP contribution in [0.15, 0.2) is 40.3 Å². The van der Waals surface area contributed by atoms with Crippen molar-refractivity contribution in [2.24, 2.45) is 15.4 Å². The Morgan fingerprint density at radius 3 is 2.58 bits per heavy atom. The summed E-state index contributed by atoms with van der Waals surface area (Å²) in [6.07, 6.45) is 0. The molecular formula is C15H18N2O2. The van der Waals surface area contributed by atoms with Gasteiger partial charge in [0.05, 0.1) is 6.54 Å². The summed E-state index contributed by atoms with van der Waals surface area (Å²) < 4.78 is 11.3. The Morgan fingerprint density at radius 2 is 1.89 bits per heavy atom. The zero-order valence-electron chi connectivity index (χ0n) is 11.3. The fraction of sp³-hybridized carbons (Fsp3) is 0.467. The zero-order valence-corrected chi connectivity index (χ0v) is 11.3. The second-order valence-corrected chi connectivity index (χ2v) is 5.33. The van der Waals surface area contributed by atoms with Crippen molar-refractivity contribution in [3.8, 4) is 0 Å². The minimum Gasteiger partial charge on any atom is -0.478 e. The lowest BCUT2D eigenvalue weighted by Crippen LogP contribution is -2.34.